The summed E-state index contributed by atoms with van der Waals surface area (Å²) in [5.41, 5.74) is 5.49. The molecule has 0 aliphatic heterocycles. The number of benzene rings is 3. The van der Waals surface area contributed by atoms with Gasteiger partial charge in [-0.15, -0.1) is 5.10 Å². The molecule has 5 nitrogen and oxygen atoms in total. The van der Waals surface area contributed by atoms with Crippen molar-refractivity contribution in [2.45, 2.75) is 19.3 Å². The van der Waals surface area contributed by atoms with Gasteiger partial charge in [-0.1, -0.05) is 66.6 Å². The highest BCUT2D eigenvalue weighted by Crippen LogP contribution is 2.47. The average Bonchev–Trinajstić information content (AvgIpc) is 3.23. The summed E-state index contributed by atoms with van der Waals surface area (Å²) in [5, 5.41) is 26.2. The molecular weight excluding hydrogens is 477 g/mol. The molecule has 0 unspecified atom stereocenters. The molecule has 5 rings (SSSR count). The minimum atomic E-state index is -1.03. The number of nitriles is 1. The third kappa shape index (κ3) is 4.30. The Labute approximate surface area is 212 Å². The van der Waals surface area contributed by atoms with Crippen LogP contribution in [0.5, 0.6) is 0 Å². The second-order valence-electron chi connectivity index (χ2n) is 8.73. The average molecular weight is 498 g/mol. The molecular formula is C29H21ClFN3O2. The van der Waals surface area contributed by atoms with Crippen LogP contribution >= 0.6 is 11.6 Å². The first-order chi connectivity index (χ1) is 17.5. The SMILES string of the molecule is N#Cc1c(C(=C(c2ccccc2Cl)C2CCC2)c2ccc(C=CC(=O)O)cc2)ccc2[nH]nc(F)c12. The van der Waals surface area contributed by atoms with Crippen molar-refractivity contribution in [3.8, 4) is 6.07 Å². The van der Waals surface area contributed by atoms with E-state index in [-0.39, 0.29) is 16.9 Å². The first-order valence-corrected chi connectivity index (χ1v) is 11.9. The van der Waals surface area contributed by atoms with Crippen molar-refractivity contribution in [2.24, 2.45) is 5.92 Å². The normalized spacial score (nSPS) is 14.5. The van der Waals surface area contributed by atoms with Crippen LogP contribution in [-0.4, -0.2) is 21.3 Å². The number of carboxylic acid groups (broad SMARTS) is 1. The van der Waals surface area contributed by atoms with Crippen molar-refractivity contribution in [3.05, 3.63) is 106 Å². The Morgan fingerprint density at radius 2 is 1.86 bits per heavy atom. The van der Waals surface area contributed by atoms with Crippen LogP contribution in [0.25, 0.3) is 28.1 Å². The van der Waals surface area contributed by atoms with Gasteiger partial charge in [-0.25, -0.2) is 4.79 Å². The van der Waals surface area contributed by atoms with Crippen LogP contribution in [0.15, 0.2) is 66.7 Å². The molecule has 0 atom stereocenters. The van der Waals surface area contributed by atoms with Crippen LogP contribution in [0.1, 0.15) is 47.1 Å². The number of carboxylic acids is 1. The van der Waals surface area contributed by atoms with Crippen LogP contribution in [-0.2, 0) is 4.79 Å². The Balaban J connectivity index is 1.83. The van der Waals surface area contributed by atoms with Crippen molar-refractivity contribution in [1.82, 2.24) is 10.2 Å². The standard InChI is InChI=1S/C29H21ClFN3O2/c30-23-7-2-1-6-21(23)27(18-4-3-5-18)26(19-11-8-17(9-12-19)10-15-25(35)36)20-13-14-24-28(22(20)16-32)29(31)34-33-24/h1-2,6-15,18H,3-5H2,(H,33,34)(H,35,36). The highest BCUT2D eigenvalue weighted by Gasteiger charge is 2.30. The fourth-order valence-corrected chi connectivity index (χ4v) is 4.96. The monoisotopic (exact) mass is 497 g/mol. The lowest BCUT2D eigenvalue weighted by Gasteiger charge is -2.32. The van der Waals surface area contributed by atoms with Gasteiger partial charge in [-0.2, -0.15) is 9.65 Å². The largest absolute Gasteiger partial charge is 0.478 e. The molecule has 0 spiro atoms. The summed E-state index contributed by atoms with van der Waals surface area (Å²) < 4.78 is 14.7. The van der Waals surface area contributed by atoms with Crippen LogP contribution in [0, 0.1) is 23.2 Å². The van der Waals surface area contributed by atoms with Crippen molar-refractivity contribution >= 4 is 45.7 Å². The van der Waals surface area contributed by atoms with Gasteiger partial charge in [-0.3, -0.25) is 5.10 Å². The highest BCUT2D eigenvalue weighted by atomic mass is 35.5. The quantitative estimate of drug-likeness (QED) is 0.220. The second kappa shape index (κ2) is 9.80. The minimum absolute atomic E-state index is 0.153. The molecule has 1 aromatic heterocycles. The van der Waals surface area contributed by atoms with E-state index >= 15 is 0 Å². The van der Waals surface area contributed by atoms with E-state index in [2.05, 4.69) is 16.3 Å². The van der Waals surface area contributed by atoms with Crippen molar-refractivity contribution in [3.63, 3.8) is 0 Å². The third-order valence-corrected chi connectivity index (χ3v) is 6.96. The topological polar surface area (TPSA) is 89.8 Å². The van der Waals surface area contributed by atoms with E-state index in [1.165, 1.54) is 6.08 Å². The van der Waals surface area contributed by atoms with Gasteiger partial charge < -0.3 is 5.11 Å². The van der Waals surface area contributed by atoms with Crippen molar-refractivity contribution < 1.29 is 14.3 Å². The molecule has 1 saturated carbocycles. The lowest BCUT2D eigenvalue weighted by atomic mass is 9.72. The maximum absolute atomic E-state index is 14.7. The number of nitrogens with zero attached hydrogens (tertiary/aromatic N) is 2. The molecule has 3 aromatic carbocycles. The van der Waals surface area contributed by atoms with Crippen LogP contribution in [0.3, 0.4) is 0 Å². The van der Waals surface area contributed by atoms with E-state index in [4.69, 9.17) is 16.7 Å². The Hall–Kier alpha value is -4.21. The first-order valence-electron chi connectivity index (χ1n) is 11.6. The number of halogens is 2. The molecule has 2 N–H and O–H groups in total. The van der Waals surface area contributed by atoms with E-state index in [9.17, 15) is 14.4 Å². The molecule has 36 heavy (non-hydrogen) atoms. The van der Waals surface area contributed by atoms with Gasteiger partial charge in [-0.05, 0) is 64.8 Å². The molecule has 1 fully saturated rings. The number of H-pyrrole nitrogens is 1. The summed E-state index contributed by atoms with van der Waals surface area (Å²) in [6.07, 6.45) is 5.65. The van der Waals surface area contributed by atoms with Gasteiger partial charge in [0.05, 0.1) is 16.5 Å². The van der Waals surface area contributed by atoms with Gasteiger partial charge in [0.25, 0.3) is 0 Å². The lowest BCUT2D eigenvalue weighted by Crippen LogP contribution is -2.15. The van der Waals surface area contributed by atoms with Gasteiger partial charge in [0.2, 0.25) is 5.95 Å². The number of allylic oxidation sites excluding steroid dienone is 1. The Morgan fingerprint density at radius 3 is 2.50 bits per heavy atom. The van der Waals surface area contributed by atoms with Crippen molar-refractivity contribution in [1.29, 1.82) is 5.26 Å². The maximum Gasteiger partial charge on any atom is 0.328 e. The summed E-state index contributed by atoms with van der Waals surface area (Å²) >= 11 is 6.70. The number of rotatable bonds is 6. The molecule has 0 bridgehead atoms. The summed E-state index contributed by atoms with van der Waals surface area (Å²) in [7, 11) is 0. The van der Waals surface area contributed by atoms with Gasteiger partial charge >= 0.3 is 5.97 Å². The molecule has 0 radical (unpaired) electrons. The fourth-order valence-electron chi connectivity index (χ4n) is 4.72. The van der Waals surface area contributed by atoms with Crippen molar-refractivity contribution in [2.75, 3.05) is 0 Å². The summed E-state index contributed by atoms with van der Waals surface area (Å²) in [4.78, 5) is 10.9. The van der Waals surface area contributed by atoms with Gasteiger partial charge in [0, 0.05) is 16.7 Å². The fraction of sp³-hybridized carbons (Fsp3) is 0.138. The molecule has 0 amide bonds. The predicted octanol–water partition coefficient (Wildman–Crippen LogP) is 7.08. The van der Waals surface area contributed by atoms with Crippen LogP contribution in [0.2, 0.25) is 5.02 Å². The predicted molar refractivity (Wildman–Crippen MR) is 139 cm³/mol. The smallest absolute Gasteiger partial charge is 0.328 e. The number of aliphatic carboxylic acids is 1. The molecule has 1 heterocycles. The van der Waals surface area contributed by atoms with E-state index in [1.54, 1.807) is 6.07 Å². The molecule has 1 aliphatic rings. The Bertz CT molecular complexity index is 1570. The highest BCUT2D eigenvalue weighted by molar-refractivity contribution is 6.32. The van der Waals surface area contributed by atoms with E-state index in [0.717, 1.165) is 53.2 Å². The third-order valence-electron chi connectivity index (χ3n) is 6.63. The number of aromatic nitrogens is 2. The molecule has 4 aromatic rings. The maximum atomic E-state index is 14.7. The van der Waals surface area contributed by atoms with E-state index < -0.39 is 11.9 Å². The zero-order chi connectivity index (χ0) is 25.2. The second-order valence-corrected chi connectivity index (χ2v) is 9.13. The zero-order valence-electron chi connectivity index (χ0n) is 19.1. The number of nitrogens with one attached hydrogen (secondary N) is 1. The zero-order valence-corrected chi connectivity index (χ0v) is 19.9. The minimum Gasteiger partial charge on any atom is -0.478 e. The van der Waals surface area contributed by atoms with E-state index in [1.807, 2.05) is 54.6 Å². The number of hydrogen-bond acceptors (Lipinski definition) is 3. The summed E-state index contributed by atoms with van der Waals surface area (Å²) in [6, 6.07) is 20.8. The molecule has 1 aliphatic carbocycles. The number of fused-ring (bicyclic) bond motifs is 1. The van der Waals surface area contributed by atoms with E-state index in [0.29, 0.717) is 16.1 Å². The number of aromatic amines is 1. The summed E-state index contributed by atoms with van der Waals surface area (Å²) in [6.45, 7) is 0. The number of carbonyl (C=O) groups is 1. The molecule has 0 saturated heterocycles. The first kappa shape index (κ1) is 23.5. The van der Waals surface area contributed by atoms with Crippen LogP contribution < -0.4 is 0 Å². The number of hydrogen-bond donors (Lipinski definition) is 2. The molecule has 178 valence electrons. The Kier molecular flexibility index (Phi) is 6.41. The van der Waals surface area contributed by atoms with Crippen LogP contribution in [0.4, 0.5) is 4.39 Å². The molecule has 7 heteroatoms. The van der Waals surface area contributed by atoms with Gasteiger partial charge in [0.15, 0.2) is 0 Å². The lowest BCUT2D eigenvalue weighted by molar-refractivity contribution is -0.131. The Morgan fingerprint density at radius 1 is 1.11 bits per heavy atom. The van der Waals surface area contributed by atoms with Gasteiger partial charge in [0.1, 0.15) is 6.07 Å². The summed E-state index contributed by atoms with van der Waals surface area (Å²) in [5.74, 6) is -1.53.